The van der Waals surface area contributed by atoms with Gasteiger partial charge in [-0.05, 0) is 38.4 Å². The number of rotatable bonds is 4. The van der Waals surface area contributed by atoms with Gasteiger partial charge in [-0.25, -0.2) is 0 Å². The average Bonchev–Trinajstić information content (AvgIpc) is 2.46. The normalized spacial score (nSPS) is 16.4. The predicted octanol–water partition coefficient (Wildman–Crippen LogP) is 1.56. The van der Waals surface area contributed by atoms with Crippen molar-refractivity contribution in [1.29, 1.82) is 0 Å². The third-order valence-corrected chi connectivity index (χ3v) is 3.91. The Labute approximate surface area is 127 Å². The maximum absolute atomic E-state index is 5.49. The van der Waals surface area contributed by atoms with Crippen molar-refractivity contribution in [3.63, 3.8) is 0 Å². The number of likely N-dealkylation sites (N-methyl/N-ethyl adjacent to an activating group) is 1. The summed E-state index contributed by atoms with van der Waals surface area (Å²) in [6, 6.07) is 10.1. The molecule has 0 spiro atoms. The lowest BCUT2D eigenvalue weighted by Crippen LogP contribution is -2.51. The van der Waals surface area contributed by atoms with Crippen molar-refractivity contribution in [2.45, 2.75) is 0 Å². The number of para-hydroxylation sites is 1. The van der Waals surface area contributed by atoms with Gasteiger partial charge in [0.2, 0.25) is 0 Å². The molecule has 5 heteroatoms. The Morgan fingerprint density at radius 1 is 1.15 bits per heavy atom. The lowest BCUT2D eigenvalue weighted by molar-refractivity contribution is 0.170. The average molecular weight is 292 g/mol. The molecule has 1 saturated heterocycles. The zero-order valence-corrected chi connectivity index (χ0v) is 13.2. The molecule has 0 atom stereocenters. The van der Waals surface area contributed by atoms with E-state index in [2.05, 4.69) is 34.1 Å². The molecule has 1 aliphatic rings. The Hall–Kier alpha value is -1.17. The van der Waals surface area contributed by atoms with Gasteiger partial charge in [0.25, 0.3) is 0 Å². The monoisotopic (exact) mass is 292 g/mol. The van der Waals surface area contributed by atoms with Crippen molar-refractivity contribution in [3.8, 4) is 0 Å². The van der Waals surface area contributed by atoms with Gasteiger partial charge in [0, 0.05) is 45.0 Å². The van der Waals surface area contributed by atoms with Gasteiger partial charge in [0.05, 0.1) is 0 Å². The molecule has 1 N–H and O–H groups in total. The van der Waals surface area contributed by atoms with Gasteiger partial charge >= 0.3 is 0 Å². The van der Waals surface area contributed by atoms with E-state index >= 15 is 0 Å². The quantitative estimate of drug-likeness (QED) is 0.848. The molecule has 0 bridgehead atoms. The maximum atomic E-state index is 5.49. The molecule has 0 aromatic heterocycles. The van der Waals surface area contributed by atoms with Gasteiger partial charge in [-0.3, -0.25) is 4.90 Å². The van der Waals surface area contributed by atoms with Crippen molar-refractivity contribution in [2.24, 2.45) is 0 Å². The van der Waals surface area contributed by atoms with Crippen LogP contribution in [0.3, 0.4) is 0 Å². The minimum Gasteiger partial charge on any atom is -0.346 e. The zero-order valence-electron chi connectivity index (χ0n) is 12.4. The lowest BCUT2D eigenvalue weighted by Gasteiger charge is -2.36. The first-order chi connectivity index (χ1) is 9.65. The van der Waals surface area contributed by atoms with Gasteiger partial charge in [0.1, 0.15) is 0 Å². The largest absolute Gasteiger partial charge is 0.346 e. The van der Waals surface area contributed by atoms with Gasteiger partial charge in [-0.2, -0.15) is 0 Å². The topological polar surface area (TPSA) is 21.8 Å². The van der Waals surface area contributed by atoms with Gasteiger partial charge in [-0.1, -0.05) is 18.2 Å². The van der Waals surface area contributed by atoms with Crippen LogP contribution in [0.1, 0.15) is 0 Å². The Kier molecular flexibility index (Phi) is 5.76. The molecule has 1 fully saturated rings. The number of piperazine rings is 1. The summed E-state index contributed by atoms with van der Waals surface area (Å²) in [6.45, 7) is 6.44. The highest BCUT2D eigenvalue weighted by Crippen LogP contribution is 2.09. The van der Waals surface area contributed by atoms with E-state index < -0.39 is 0 Å². The molecule has 0 amide bonds. The van der Waals surface area contributed by atoms with Crippen molar-refractivity contribution >= 4 is 23.0 Å². The SMILES string of the molecule is CN(C)CCN1CCN(C(=S)Nc2ccccc2)CC1. The van der Waals surface area contributed by atoms with Crippen molar-refractivity contribution in [3.05, 3.63) is 30.3 Å². The van der Waals surface area contributed by atoms with Crippen molar-refractivity contribution in [2.75, 3.05) is 58.7 Å². The third kappa shape index (κ3) is 4.74. The summed E-state index contributed by atoms with van der Waals surface area (Å²) < 4.78 is 0. The van der Waals surface area contributed by atoms with Crippen LogP contribution in [0.4, 0.5) is 5.69 Å². The minimum absolute atomic E-state index is 0.837. The highest BCUT2D eigenvalue weighted by Gasteiger charge is 2.18. The molecule has 1 heterocycles. The van der Waals surface area contributed by atoms with E-state index in [-0.39, 0.29) is 0 Å². The van der Waals surface area contributed by atoms with Crippen LogP contribution >= 0.6 is 12.2 Å². The van der Waals surface area contributed by atoms with E-state index in [9.17, 15) is 0 Å². The molecule has 1 aromatic rings. The molecule has 2 rings (SSSR count). The molecule has 110 valence electrons. The highest BCUT2D eigenvalue weighted by molar-refractivity contribution is 7.80. The summed E-state index contributed by atoms with van der Waals surface area (Å²) in [7, 11) is 4.24. The van der Waals surface area contributed by atoms with Crippen LogP contribution in [-0.4, -0.2) is 73.2 Å². The molecule has 0 radical (unpaired) electrons. The number of benzene rings is 1. The second-order valence-corrected chi connectivity index (χ2v) is 5.81. The van der Waals surface area contributed by atoms with Gasteiger partial charge < -0.3 is 15.1 Å². The number of hydrogen-bond donors (Lipinski definition) is 1. The fourth-order valence-corrected chi connectivity index (χ4v) is 2.54. The second kappa shape index (κ2) is 7.57. The summed E-state index contributed by atoms with van der Waals surface area (Å²) in [5, 5.41) is 4.14. The number of anilines is 1. The standard InChI is InChI=1S/C15H24N4S/c1-17(2)8-9-18-10-12-19(13-11-18)15(20)16-14-6-4-3-5-7-14/h3-7H,8-13H2,1-2H3,(H,16,20). The number of nitrogens with zero attached hydrogens (tertiary/aromatic N) is 3. The summed E-state index contributed by atoms with van der Waals surface area (Å²) in [4.78, 5) is 6.99. The third-order valence-electron chi connectivity index (χ3n) is 3.55. The fourth-order valence-electron chi connectivity index (χ4n) is 2.24. The molecule has 20 heavy (non-hydrogen) atoms. The maximum Gasteiger partial charge on any atom is 0.173 e. The van der Waals surface area contributed by atoms with Crippen LogP contribution in [0.15, 0.2) is 30.3 Å². The molecule has 0 saturated carbocycles. The van der Waals surface area contributed by atoms with Crippen LogP contribution < -0.4 is 5.32 Å². The smallest absolute Gasteiger partial charge is 0.173 e. The molecular formula is C15H24N4S. The van der Waals surface area contributed by atoms with Crippen LogP contribution in [-0.2, 0) is 0 Å². The first kappa shape index (κ1) is 15.2. The molecule has 4 nitrogen and oxygen atoms in total. The summed E-state index contributed by atoms with van der Waals surface area (Å²) >= 11 is 5.49. The van der Waals surface area contributed by atoms with Crippen LogP contribution in [0.2, 0.25) is 0 Å². The Bertz CT molecular complexity index is 413. The second-order valence-electron chi connectivity index (χ2n) is 5.43. The molecule has 0 aliphatic carbocycles. The molecule has 0 unspecified atom stereocenters. The van der Waals surface area contributed by atoms with E-state index in [0.29, 0.717) is 0 Å². The van der Waals surface area contributed by atoms with E-state index in [1.165, 1.54) is 0 Å². The van der Waals surface area contributed by atoms with E-state index in [4.69, 9.17) is 12.2 Å². The molecular weight excluding hydrogens is 268 g/mol. The van der Waals surface area contributed by atoms with Crippen molar-refractivity contribution in [1.82, 2.24) is 14.7 Å². The molecule has 1 aliphatic heterocycles. The highest BCUT2D eigenvalue weighted by atomic mass is 32.1. The van der Waals surface area contributed by atoms with E-state index in [1.54, 1.807) is 0 Å². The minimum atomic E-state index is 0.837. The molecule has 1 aromatic carbocycles. The zero-order chi connectivity index (χ0) is 14.4. The van der Waals surface area contributed by atoms with Crippen LogP contribution in [0.5, 0.6) is 0 Å². The summed E-state index contributed by atoms with van der Waals surface area (Å²) in [6.07, 6.45) is 0. The Balaban J connectivity index is 1.74. The van der Waals surface area contributed by atoms with Crippen LogP contribution in [0, 0.1) is 0 Å². The Morgan fingerprint density at radius 3 is 2.40 bits per heavy atom. The van der Waals surface area contributed by atoms with Gasteiger partial charge in [-0.15, -0.1) is 0 Å². The number of thiocarbonyl (C=S) groups is 1. The van der Waals surface area contributed by atoms with Gasteiger partial charge in [0.15, 0.2) is 5.11 Å². The Morgan fingerprint density at radius 2 is 1.80 bits per heavy atom. The summed E-state index contributed by atoms with van der Waals surface area (Å²) in [5.41, 5.74) is 1.06. The lowest BCUT2D eigenvalue weighted by atomic mass is 10.3. The first-order valence-corrected chi connectivity index (χ1v) is 7.54. The van der Waals surface area contributed by atoms with E-state index in [0.717, 1.165) is 50.1 Å². The fraction of sp³-hybridized carbons (Fsp3) is 0.533. The van der Waals surface area contributed by atoms with Crippen LogP contribution in [0.25, 0.3) is 0 Å². The summed E-state index contributed by atoms with van der Waals surface area (Å²) in [5.74, 6) is 0. The first-order valence-electron chi connectivity index (χ1n) is 7.13. The number of nitrogens with one attached hydrogen (secondary N) is 1. The van der Waals surface area contributed by atoms with E-state index in [1.807, 2.05) is 30.3 Å². The predicted molar refractivity (Wildman–Crippen MR) is 89.2 cm³/mol. The van der Waals surface area contributed by atoms with Crippen molar-refractivity contribution < 1.29 is 0 Å². The number of hydrogen-bond acceptors (Lipinski definition) is 3.